The summed E-state index contributed by atoms with van der Waals surface area (Å²) in [6.45, 7) is 4.03. The fourth-order valence-corrected chi connectivity index (χ4v) is 2.39. The molecule has 0 heterocycles. The topological polar surface area (TPSA) is 58.6 Å². The minimum Gasteiger partial charge on any atom is -0.490 e. The predicted octanol–water partition coefficient (Wildman–Crippen LogP) is 2.28. The summed E-state index contributed by atoms with van der Waals surface area (Å²) in [6, 6.07) is 6.84. The smallest absolute Gasteiger partial charge is 0.251 e. The molecular formula is C16H21NO3. The van der Waals surface area contributed by atoms with Gasteiger partial charge in [0.05, 0.1) is 12.1 Å². The summed E-state index contributed by atoms with van der Waals surface area (Å²) in [5.41, 5.74) is 0.578. The zero-order valence-corrected chi connectivity index (χ0v) is 11.5. The Kier molecular flexibility index (Phi) is 5.18. The van der Waals surface area contributed by atoms with E-state index in [2.05, 4.69) is 11.9 Å². The van der Waals surface area contributed by atoms with Crippen molar-refractivity contribution in [2.24, 2.45) is 0 Å². The van der Waals surface area contributed by atoms with Crippen molar-refractivity contribution in [2.45, 2.75) is 37.8 Å². The van der Waals surface area contributed by atoms with Crippen LogP contribution in [0.15, 0.2) is 36.9 Å². The molecule has 4 nitrogen and oxygen atoms in total. The summed E-state index contributed by atoms with van der Waals surface area (Å²) >= 11 is 0. The van der Waals surface area contributed by atoms with Crippen LogP contribution in [0.4, 0.5) is 0 Å². The second-order valence-corrected chi connectivity index (χ2v) is 5.06. The highest BCUT2D eigenvalue weighted by atomic mass is 16.5. The van der Waals surface area contributed by atoms with Gasteiger partial charge >= 0.3 is 0 Å². The lowest BCUT2D eigenvalue weighted by Crippen LogP contribution is -2.45. The number of hydrogen-bond acceptors (Lipinski definition) is 3. The molecule has 1 aliphatic rings. The molecule has 0 bridgehead atoms. The van der Waals surface area contributed by atoms with E-state index in [1.54, 1.807) is 30.3 Å². The lowest BCUT2D eigenvalue weighted by molar-refractivity contribution is 0.0717. The molecular weight excluding hydrogens is 254 g/mol. The molecule has 0 aromatic heterocycles. The molecule has 2 rings (SSSR count). The largest absolute Gasteiger partial charge is 0.490 e. The SMILES string of the molecule is C=CCOc1ccc(C(=O)N[C@H]2CCCC[C@@H]2O)cc1. The molecule has 0 aliphatic heterocycles. The molecule has 20 heavy (non-hydrogen) atoms. The van der Waals surface area contributed by atoms with Crippen LogP contribution in [0.25, 0.3) is 0 Å². The lowest BCUT2D eigenvalue weighted by Gasteiger charge is -2.28. The van der Waals surface area contributed by atoms with Gasteiger partial charge in [-0.2, -0.15) is 0 Å². The van der Waals surface area contributed by atoms with Gasteiger partial charge in [-0.05, 0) is 37.1 Å². The van der Waals surface area contributed by atoms with E-state index in [9.17, 15) is 9.90 Å². The Morgan fingerprint density at radius 2 is 2.05 bits per heavy atom. The highest BCUT2D eigenvalue weighted by Crippen LogP contribution is 2.19. The van der Waals surface area contributed by atoms with E-state index in [0.29, 0.717) is 17.9 Å². The molecule has 2 N–H and O–H groups in total. The molecule has 4 heteroatoms. The van der Waals surface area contributed by atoms with Crippen molar-refractivity contribution < 1.29 is 14.6 Å². The summed E-state index contributed by atoms with van der Waals surface area (Å²) in [5.74, 6) is 0.561. The minimum atomic E-state index is -0.428. The van der Waals surface area contributed by atoms with Crippen molar-refractivity contribution >= 4 is 5.91 Å². The van der Waals surface area contributed by atoms with Gasteiger partial charge in [-0.15, -0.1) is 0 Å². The number of carbonyl (C=O) groups excluding carboxylic acids is 1. The first-order chi connectivity index (χ1) is 9.70. The third kappa shape index (κ3) is 3.84. The van der Waals surface area contributed by atoms with Gasteiger partial charge in [0.15, 0.2) is 0 Å². The van der Waals surface area contributed by atoms with Crippen LogP contribution in [0.1, 0.15) is 36.0 Å². The molecule has 108 valence electrons. The summed E-state index contributed by atoms with van der Waals surface area (Å²) in [5, 5.41) is 12.8. The van der Waals surface area contributed by atoms with Crippen LogP contribution in [0, 0.1) is 0 Å². The Balaban J connectivity index is 1.93. The summed E-state index contributed by atoms with van der Waals surface area (Å²) in [6.07, 6.45) is 4.93. The Hall–Kier alpha value is -1.81. The first-order valence-electron chi connectivity index (χ1n) is 7.03. The van der Waals surface area contributed by atoms with E-state index < -0.39 is 6.10 Å². The predicted molar refractivity (Wildman–Crippen MR) is 77.9 cm³/mol. The molecule has 1 aromatic rings. The standard InChI is InChI=1S/C16H21NO3/c1-2-11-20-13-9-7-12(8-10-13)16(19)17-14-5-3-4-6-15(14)18/h2,7-10,14-15,18H,1,3-6,11H2,(H,17,19)/t14-,15-/m0/s1. The van der Waals surface area contributed by atoms with Gasteiger partial charge < -0.3 is 15.2 Å². The number of aliphatic hydroxyl groups is 1. The number of carbonyl (C=O) groups is 1. The molecule has 0 spiro atoms. The van der Waals surface area contributed by atoms with Gasteiger partial charge in [-0.3, -0.25) is 4.79 Å². The maximum absolute atomic E-state index is 12.1. The molecule has 1 amide bonds. The van der Waals surface area contributed by atoms with Gasteiger partial charge in [0.25, 0.3) is 5.91 Å². The van der Waals surface area contributed by atoms with Crippen molar-refractivity contribution in [3.63, 3.8) is 0 Å². The second kappa shape index (κ2) is 7.10. The summed E-state index contributed by atoms with van der Waals surface area (Å²) < 4.78 is 5.37. The van der Waals surface area contributed by atoms with Crippen molar-refractivity contribution in [3.8, 4) is 5.75 Å². The van der Waals surface area contributed by atoms with E-state index in [1.807, 2.05) is 0 Å². The fourth-order valence-electron chi connectivity index (χ4n) is 2.39. The highest BCUT2D eigenvalue weighted by Gasteiger charge is 2.24. The van der Waals surface area contributed by atoms with Crippen molar-refractivity contribution in [1.82, 2.24) is 5.32 Å². The van der Waals surface area contributed by atoms with Gasteiger partial charge in [-0.1, -0.05) is 25.5 Å². The van der Waals surface area contributed by atoms with E-state index in [-0.39, 0.29) is 11.9 Å². The van der Waals surface area contributed by atoms with Crippen LogP contribution in [-0.4, -0.2) is 29.8 Å². The molecule has 1 fully saturated rings. The molecule has 1 aliphatic carbocycles. The van der Waals surface area contributed by atoms with Gasteiger partial charge in [0.2, 0.25) is 0 Å². The monoisotopic (exact) mass is 275 g/mol. The van der Waals surface area contributed by atoms with Crippen molar-refractivity contribution in [3.05, 3.63) is 42.5 Å². The first-order valence-corrected chi connectivity index (χ1v) is 7.03. The molecule has 0 unspecified atom stereocenters. The molecule has 1 saturated carbocycles. The number of amides is 1. The van der Waals surface area contributed by atoms with Crippen LogP contribution < -0.4 is 10.1 Å². The Morgan fingerprint density at radius 1 is 1.35 bits per heavy atom. The zero-order chi connectivity index (χ0) is 14.4. The number of benzene rings is 1. The maximum atomic E-state index is 12.1. The third-order valence-corrected chi connectivity index (χ3v) is 3.53. The Labute approximate surface area is 119 Å². The summed E-state index contributed by atoms with van der Waals surface area (Å²) in [4.78, 5) is 12.1. The number of ether oxygens (including phenoxy) is 1. The average Bonchev–Trinajstić information content (AvgIpc) is 2.48. The van der Waals surface area contributed by atoms with Gasteiger partial charge in [-0.25, -0.2) is 0 Å². The van der Waals surface area contributed by atoms with Crippen LogP contribution in [0.2, 0.25) is 0 Å². The Morgan fingerprint density at radius 3 is 2.70 bits per heavy atom. The van der Waals surface area contributed by atoms with Gasteiger partial charge in [0, 0.05) is 5.56 Å². The fraction of sp³-hybridized carbons (Fsp3) is 0.438. The molecule has 2 atom stereocenters. The quantitative estimate of drug-likeness (QED) is 0.811. The Bertz CT molecular complexity index is 455. The van der Waals surface area contributed by atoms with Crippen LogP contribution in [-0.2, 0) is 0 Å². The van der Waals surface area contributed by atoms with Gasteiger partial charge in [0.1, 0.15) is 12.4 Å². The number of hydrogen-bond donors (Lipinski definition) is 2. The maximum Gasteiger partial charge on any atom is 0.251 e. The average molecular weight is 275 g/mol. The number of nitrogens with one attached hydrogen (secondary N) is 1. The molecule has 1 aromatic carbocycles. The lowest BCUT2D eigenvalue weighted by atomic mass is 9.92. The van der Waals surface area contributed by atoms with Crippen LogP contribution in [0.5, 0.6) is 5.75 Å². The number of aliphatic hydroxyl groups excluding tert-OH is 1. The van der Waals surface area contributed by atoms with E-state index in [4.69, 9.17) is 4.74 Å². The minimum absolute atomic E-state index is 0.132. The van der Waals surface area contributed by atoms with E-state index in [0.717, 1.165) is 25.7 Å². The first kappa shape index (κ1) is 14.6. The molecule has 0 saturated heterocycles. The number of rotatable bonds is 5. The van der Waals surface area contributed by atoms with Crippen LogP contribution in [0.3, 0.4) is 0 Å². The summed E-state index contributed by atoms with van der Waals surface area (Å²) in [7, 11) is 0. The molecule has 0 radical (unpaired) electrons. The third-order valence-electron chi connectivity index (χ3n) is 3.53. The second-order valence-electron chi connectivity index (χ2n) is 5.06. The zero-order valence-electron chi connectivity index (χ0n) is 11.5. The van der Waals surface area contributed by atoms with Crippen molar-refractivity contribution in [2.75, 3.05) is 6.61 Å². The van der Waals surface area contributed by atoms with E-state index >= 15 is 0 Å². The normalized spacial score (nSPS) is 22.1. The highest BCUT2D eigenvalue weighted by molar-refractivity contribution is 5.94. The van der Waals surface area contributed by atoms with Crippen LogP contribution >= 0.6 is 0 Å². The van der Waals surface area contributed by atoms with E-state index in [1.165, 1.54) is 0 Å². The van der Waals surface area contributed by atoms with Crippen molar-refractivity contribution in [1.29, 1.82) is 0 Å².